The first-order valence-electron chi connectivity index (χ1n) is 8.17. The van der Waals surface area contributed by atoms with Gasteiger partial charge in [0.1, 0.15) is 0 Å². The van der Waals surface area contributed by atoms with Gasteiger partial charge in [0.25, 0.3) is 0 Å². The van der Waals surface area contributed by atoms with Crippen LogP contribution in [0.4, 0.5) is 0 Å². The second-order valence-electron chi connectivity index (χ2n) is 6.08. The highest BCUT2D eigenvalue weighted by Crippen LogP contribution is 2.34. The van der Waals surface area contributed by atoms with Crippen molar-refractivity contribution in [2.75, 3.05) is 0 Å². The van der Waals surface area contributed by atoms with E-state index in [9.17, 15) is 0 Å². The molecular formula is C23H15N. The molecule has 0 aliphatic carbocycles. The Morgan fingerprint density at radius 1 is 0.542 bits per heavy atom. The van der Waals surface area contributed by atoms with E-state index in [4.69, 9.17) is 4.98 Å². The largest absolute Gasteiger partial charge is 0.248 e. The molecule has 0 N–H and O–H groups in total. The molecule has 0 bridgehead atoms. The summed E-state index contributed by atoms with van der Waals surface area (Å²) >= 11 is 0. The average molecular weight is 305 g/mol. The number of nitrogens with zero attached hydrogens (tertiary/aromatic N) is 1. The maximum Gasteiger partial charge on any atom is 0.0716 e. The fourth-order valence-corrected chi connectivity index (χ4v) is 3.49. The van der Waals surface area contributed by atoms with Gasteiger partial charge in [-0.3, -0.25) is 0 Å². The molecule has 0 fully saturated rings. The summed E-state index contributed by atoms with van der Waals surface area (Å²) in [4.78, 5) is 4.86. The summed E-state index contributed by atoms with van der Waals surface area (Å²) in [6, 6.07) is 32.0. The minimum Gasteiger partial charge on any atom is -0.248 e. The lowest BCUT2D eigenvalue weighted by molar-refractivity contribution is 1.51. The zero-order valence-corrected chi connectivity index (χ0v) is 13.1. The quantitative estimate of drug-likeness (QED) is 0.265. The summed E-state index contributed by atoms with van der Waals surface area (Å²) in [6.45, 7) is 0. The lowest BCUT2D eigenvalue weighted by Crippen LogP contribution is -1.87. The van der Waals surface area contributed by atoms with Crippen molar-refractivity contribution in [3.63, 3.8) is 0 Å². The minimum absolute atomic E-state index is 1.04. The molecule has 0 saturated carbocycles. The summed E-state index contributed by atoms with van der Waals surface area (Å²) in [6.07, 6.45) is 0. The van der Waals surface area contributed by atoms with Crippen molar-refractivity contribution in [2.24, 2.45) is 0 Å². The van der Waals surface area contributed by atoms with Gasteiger partial charge in [-0.05, 0) is 40.1 Å². The molecular weight excluding hydrogens is 290 g/mol. The monoisotopic (exact) mass is 305 g/mol. The summed E-state index contributed by atoms with van der Waals surface area (Å²) in [7, 11) is 0. The van der Waals surface area contributed by atoms with E-state index < -0.39 is 0 Å². The van der Waals surface area contributed by atoms with Gasteiger partial charge >= 0.3 is 0 Å². The predicted molar refractivity (Wildman–Crippen MR) is 102 cm³/mol. The minimum atomic E-state index is 1.04. The number of fused-ring (bicyclic) bond motifs is 4. The Bertz CT molecular complexity index is 1190. The lowest BCUT2D eigenvalue weighted by Gasteiger charge is -2.11. The predicted octanol–water partition coefficient (Wildman–Crippen LogP) is 6.21. The van der Waals surface area contributed by atoms with Crippen LogP contribution >= 0.6 is 0 Å². The van der Waals surface area contributed by atoms with E-state index in [1.165, 1.54) is 32.7 Å². The van der Waals surface area contributed by atoms with Gasteiger partial charge in [-0.1, -0.05) is 72.8 Å². The summed E-state index contributed by atoms with van der Waals surface area (Å²) in [5.74, 6) is 0. The first-order chi connectivity index (χ1) is 11.9. The summed E-state index contributed by atoms with van der Waals surface area (Å²) < 4.78 is 0. The molecule has 0 aliphatic rings. The zero-order valence-electron chi connectivity index (χ0n) is 13.1. The van der Waals surface area contributed by atoms with E-state index in [0.29, 0.717) is 0 Å². The Morgan fingerprint density at radius 2 is 1.33 bits per heavy atom. The van der Waals surface area contributed by atoms with Crippen LogP contribution in [0.15, 0.2) is 91.0 Å². The van der Waals surface area contributed by atoms with Crippen molar-refractivity contribution in [2.45, 2.75) is 0 Å². The van der Waals surface area contributed by atoms with Gasteiger partial charge in [0.2, 0.25) is 0 Å². The fourth-order valence-electron chi connectivity index (χ4n) is 3.49. The van der Waals surface area contributed by atoms with Crippen molar-refractivity contribution in [3.05, 3.63) is 91.0 Å². The topological polar surface area (TPSA) is 12.9 Å². The van der Waals surface area contributed by atoms with Gasteiger partial charge < -0.3 is 0 Å². The molecule has 0 atom stereocenters. The Labute approximate surface area is 140 Å². The van der Waals surface area contributed by atoms with E-state index in [-0.39, 0.29) is 0 Å². The van der Waals surface area contributed by atoms with Gasteiger partial charge in [-0.25, -0.2) is 4.98 Å². The third kappa shape index (κ3) is 1.99. The summed E-state index contributed by atoms with van der Waals surface area (Å²) in [5, 5.41) is 4.92. The Hall–Kier alpha value is -3.19. The van der Waals surface area contributed by atoms with Gasteiger partial charge in [0.05, 0.1) is 11.0 Å². The summed E-state index contributed by atoms with van der Waals surface area (Å²) in [5.41, 5.74) is 4.59. The van der Waals surface area contributed by atoms with Crippen molar-refractivity contribution >= 4 is 32.6 Å². The van der Waals surface area contributed by atoms with Crippen molar-refractivity contribution in [3.8, 4) is 11.1 Å². The molecule has 24 heavy (non-hydrogen) atoms. The van der Waals surface area contributed by atoms with Gasteiger partial charge in [-0.15, -0.1) is 0 Å². The molecule has 0 spiro atoms. The number of pyridine rings is 1. The molecule has 5 aromatic rings. The van der Waals surface area contributed by atoms with E-state index in [2.05, 4.69) is 84.9 Å². The third-order valence-electron chi connectivity index (χ3n) is 4.63. The molecule has 0 radical (unpaired) electrons. The molecule has 0 saturated heterocycles. The fraction of sp³-hybridized carbons (Fsp3) is 0. The van der Waals surface area contributed by atoms with Crippen LogP contribution in [-0.4, -0.2) is 4.98 Å². The molecule has 0 amide bonds. The van der Waals surface area contributed by atoms with E-state index in [1.807, 2.05) is 6.07 Å². The first kappa shape index (κ1) is 13.3. The van der Waals surface area contributed by atoms with E-state index in [0.717, 1.165) is 11.0 Å². The van der Waals surface area contributed by atoms with Crippen LogP contribution in [0.1, 0.15) is 0 Å². The van der Waals surface area contributed by atoms with Crippen LogP contribution in [0.2, 0.25) is 0 Å². The van der Waals surface area contributed by atoms with Gasteiger partial charge in [0, 0.05) is 10.8 Å². The Balaban J connectivity index is 1.97. The highest BCUT2D eigenvalue weighted by Gasteiger charge is 2.09. The molecule has 4 aromatic carbocycles. The van der Waals surface area contributed by atoms with E-state index >= 15 is 0 Å². The van der Waals surface area contributed by atoms with Crippen molar-refractivity contribution in [1.29, 1.82) is 0 Å². The molecule has 0 unspecified atom stereocenters. The highest BCUT2D eigenvalue weighted by atomic mass is 14.7. The maximum absolute atomic E-state index is 4.86. The lowest BCUT2D eigenvalue weighted by atomic mass is 9.94. The number of hydrogen-bond acceptors (Lipinski definition) is 1. The van der Waals surface area contributed by atoms with Crippen molar-refractivity contribution < 1.29 is 0 Å². The smallest absolute Gasteiger partial charge is 0.0716 e. The maximum atomic E-state index is 4.86. The van der Waals surface area contributed by atoms with Crippen LogP contribution in [0.25, 0.3) is 43.7 Å². The molecule has 5 rings (SSSR count). The SMILES string of the molecule is c1ccc(-c2cccc3ccc4nc5ccccc5cc4c23)cc1. The second-order valence-corrected chi connectivity index (χ2v) is 6.08. The molecule has 1 heteroatoms. The van der Waals surface area contributed by atoms with Crippen LogP contribution in [-0.2, 0) is 0 Å². The number of hydrogen-bond donors (Lipinski definition) is 0. The number of para-hydroxylation sites is 1. The zero-order chi connectivity index (χ0) is 15.9. The number of rotatable bonds is 1. The molecule has 1 aromatic heterocycles. The van der Waals surface area contributed by atoms with Crippen LogP contribution < -0.4 is 0 Å². The third-order valence-corrected chi connectivity index (χ3v) is 4.63. The number of aromatic nitrogens is 1. The van der Waals surface area contributed by atoms with E-state index in [1.54, 1.807) is 0 Å². The van der Waals surface area contributed by atoms with Gasteiger partial charge in [0.15, 0.2) is 0 Å². The van der Waals surface area contributed by atoms with Crippen molar-refractivity contribution in [1.82, 2.24) is 4.98 Å². The van der Waals surface area contributed by atoms with Crippen LogP contribution in [0.5, 0.6) is 0 Å². The molecule has 0 aliphatic heterocycles. The Kier molecular flexibility index (Phi) is 2.86. The second kappa shape index (κ2) is 5.17. The van der Waals surface area contributed by atoms with Gasteiger partial charge in [-0.2, -0.15) is 0 Å². The molecule has 1 nitrogen and oxygen atoms in total. The normalized spacial score (nSPS) is 11.3. The standard InChI is InChI=1S/C23H15N/c1-2-7-16(8-3-1)19-11-6-10-17-13-14-22-20(23(17)19)15-18-9-4-5-12-21(18)24-22/h1-15H. The van der Waals surface area contributed by atoms with Crippen LogP contribution in [0.3, 0.4) is 0 Å². The Morgan fingerprint density at radius 3 is 2.25 bits per heavy atom. The first-order valence-corrected chi connectivity index (χ1v) is 8.17. The highest BCUT2D eigenvalue weighted by molar-refractivity contribution is 6.15. The molecule has 112 valence electrons. The molecule has 1 heterocycles. The average Bonchev–Trinajstić information content (AvgIpc) is 2.66. The van der Waals surface area contributed by atoms with Crippen LogP contribution in [0, 0.1) is 0 Å². The number of benzene rings is 4.